The van der Waals surface area contributed by atoms with Crippen molar-refractivity contribution in [3.8, 4) is 0 Å². The molecule has 1 aromatic rings. The fraction of sp³-hybridized carbons (Fsp3) is 0.562. The monoisotopic (exact) mass is 310 g/mol. The topological polar surface area (TPSA) is 41.6 Å². The molecular formula is C16H23ClN2O2. The van der Waals surface area contributed by atoms with Crippen LogP contribution in [0.25, 0.3) is 0 Å². The summed E-state index contributed by atoms with van der Waals surface area (Å²) in [4.78, 5) is 14.8. The number of hydrogen-bond donors (Lipinski definition) is 1. The molecule has 1 atom stereocenters. The Morgan fingerprint density at radius 2 is 2.19 bits per heavy atom. The lowest BCUT2D eigenvalue weighted by Gasteiger charge is -2.28. The summed E-state index contributed by atoms with van der Waals surface area (Å²) in [6.45, 7) is 6.19. The molecular weight excluding hydrogens is 288 g/mol. The van der Waals surface area contributed by atoms with E-state index < -0.39 is 0 Å². The van der Waals surface area contributed by atoms with Crippen LogP contribution < -0.4 is 5.32 Å². The molecule has 0 bridgehead atoms. The van der Waals surface area contributed by atoms with Gasteiger partial charge in [0, 0.05) is 24.7 Å². The van der Waals surface area contributed by atoms with Gasteiger partial charge in [-0.25, -0.2) is 0 Å². The first-order chi connectivity index (χ1) is 9.79. The smallest absolute Gasteiger partial charge is 0.254 e. The Balaban J connectivity index is 0.00000161. The molecule has 0 radical (unpaired) electrons. The SMILES string of the molecule is CCCN(C(=O)c1ccc2c(c1)COC2)C1CCNC1.Cl. The molecule has 116 valence electrons. The third-order valence-electron chi connectivity index (χ3n) is 4.17. The van der Waals surface area contributed by atoms with Gasteiger partial charge in [0.1, 0.15) is 0 Å². The van der Waals surface area contributed by atoms with Crippen LogP contribution in [0.1, 0.15) is 41.3 Å². The van der Waals surface area contributed by atoms with Gasteiger partial charge in [0.25, 0.3) is 5.91 Å². The molecule has 4 nitrogen and oxygen atoms in total. The molecule has 1 N–H and O–H groups in total. The summed E-state index contributed by atoms with van der Waals surface area (Å²) < 4.78 is 5.42. The quantitative estimate of drug-likeness (QED) is 0.928. The first kappa shape index (κ1) is 16.3. The Hall–Kier alpha value is -1.10. The highest BCUT2D eigenvalue weighted by atomic mass is 35.5. The minimum atomic E-state index is 0. The largest absolute Gasteiger partial charge is 0.372 e. The second kappa shape index (κ2) is 7.25. The number of halogens is 1. The number of carbonyl (C=O) groups is 1. The van der Waals surface area contributed by atoms with Crippen LogP contribution in [0.15, 0.2) is 18.2 Å². The minimum Gasteiger partial charge on any atom is -0.372 e. The van der Waals surface area contributed by atoms with Gasteiger partial charge in [0.15, 0.2) is 0 Å². The van der Waals surface area contributed by atoms with Crippen LogP contribution in [0, 0.1) is 0 Å². The van der Waals surface area contributed by atoms with E-state index in [9.17, 15) is 4.79 Å². The molecule has 3 rings (SSSR count). The van der Waals surface area contributed by atoms with E-state index in [0.29, 0.717) is 19.3 Å². The van der Waals surface area contributed by atoms with Gasteiger partial charge in [-0.15, -0.1) is 12.4 Å². The van der Waals surface area contributed by atoms with Crippen LogP contribution in [-0.4, -0.2) is 36.5 Å². The molecule has 0 aliphatic carbocycles. The maximum Gasteiger partial charge on any atom is 0.254 e. The first-order valence-electron chi connectivity index (χ1n) is 7.51. The van der Waals surface area contributed by atoms with E-state index in [1.807, 2.05) is 23.1 Å². The molecule has 1 amide bonds. The number of nitrogens with zero attached hydrogens (tertiary/aromatic N) is 1. The Kier molecular flexibility index (Phi) is 5.62. The average Bonchev–Trinajstić information content (AvgIpc) is 3.13. The van der Waals surface area contributed by atoms with Crippen molar-refractivity contribution in [1.29, 1.82) is 0 Å². The molecule has 1 fully saturated rings. The number of ether oxygens (including phenoxy) is 1. The van der Waals surface area contributed by atoms with Crippen molar-refractivity contribution in [3.05, 3.63) is 34.9 Å². The third kappa shape index (κ3) is 3.39. The average molecular weight is 311 g/mol. The molecule has 2 aliphatic rings. The van der Waals surface area contributed by atoms with Crippen molar-refractivity contribution in [3.63, 3.8) is 0 Å². The second-order valence-corrected chi connectivity index (χ2v) is 5.62. The van der Waals surface area contributed by atoms with Crippen LogP contribution >= 0.6 is 12.4 Å². The third-order valence-corrected chi connectivity index (χ3v) is 4.17. The van der Waals surface area contributed by atoms with Gasteiger partial charge in [-0.1, -0.05) is 13.0 Å². The van der Waals surface area contributed by atoms with Crippen molar-refractivity contribution < 1.29 is 9.53 Å². The highest BCUT2D eigenvalue weighted by Gasteiger charge is 2.27. The fourth-order valence-electron chi connectivity index (χ4n) is 3.07. The normalized spacial score (nSPS) is 20.0. The van der Waals surface area contributed by atoms with Gasteiger partial charge < -0.3 is 15.0 Å². The number of benzene rings is 1. The van der Waals surface area contributed by atoms with Gasteiger partial charge >= 0.3 is 0 Å². The lowest BCUT2D eigenvalue weighted by Crippen LogP contribution is -2.42. The van der Waals surface area contributed by atoms with Crippen molar-refractivity contribution in [2.45, 2.75) is 39.0 Å². The van der Waals surface area contributed by atoms with Crippen LogP contribution in [0.2, 0.25) is 0 Å². The molecule has 1 saturated heterocycles. The van der Waals surface area contributed by atoms with Gasteiger partial charge in [-0.2, -0.15) is 0 Å². The number of hydrogen-bond acceptors (Lipinski definition) is 3. The van der Waals surface area contributed by atoms with E-state index in [1.165, 1.54) is 5.56 Å². The summed E-state index contributed by atoms with van der Waals surface area (Å²) in [5, 5.41) is 3.35. The molecule has 5 heteroatoms. The first-order valence-corrected chi connectivity index (χ1v) is 7.51. The Bertz CT molecular complexity index is 501. The molecule has 0 aromatic heterocycles. The highest BCUT2D eigenvalue weighted by Crippen LogP contribution is 2.22. The van der Waals surface area contributed by atoms with Gasteiger partial charge in [-0.3, -0.25) is 4.79 Å². The number of nitrogens with one attached hydrogen (secondary N) is 1. The number of amides is 1. The van der Waals surface area contributed by atoms with Gasteiger partial charge in [0.05, 0.1) is 13.2 Å². The number of rotatable bonds is 4. The van der Waals surface area contributed by atoms with Gasteiger partial charge in [-0.05, 0) is 42.6 Å². The summed E-state index contributed by atoms with van der Waals surface area (Å²) in [6.07, 6.45) is 2.05. The summed E-state index contributed by atoms with van der Waals surface area (Å²) in [5.74, 6) is 0.162. The van der Waals surface area contributed by atoms with E-state index in [-0.39, 0.29) is 18.3 Å². The molecule has 2 heterocycles. The Morgan fingerprint density at radius 1 is 1.38 bits per heavy atom. The summed E-state index contributed by atoms with van der Waals surface area (Å²) >= 11 is 0. The lowest BCUT2D eigenvalue weighted by atomic mass is 10.0. The standard InChI is InChI=1S/C16H22N2O2.ClH/c1-2-7-18(15-5-6-17-9-15)16(19)12-3-4-13-10-20-11-14(13)8-12;/h3-4,8,15,17H,2,5-7,9-11H2,1H3;1H. The molecule has 1 aromatic carbocycles. The summed E-state index contributed by atoms with van der Waals surface area (Å²) in [6, 6.07) is 6.33. The Labute approximate surface area is 132 Å². The van der Waals surface area contributed by atoms with Crippen LogP contribution in [0.4, 0.5) is 0 Å². The van der Waals surface area contributed by atoms with Crippen molar-refractivity contribution >= 4 is 18.3 Å². The molecule has 21 heavy (non-hydrogen) atoms. The number of carbonyl (C=O) groups excluding carboxylic acids is 1. The van der Waals surface area contributed by atoms with E-state index in [2.05, 4.69) is 12.2 Å². The lowest BCUT2D eigenvalue weighted by molar-refractivity contribution is 0.0692. The van der Waals surface area contributed by atoms with Crippen molar-refractivity contribution in [2.24, 2.45) is 0 Å². The molecule has 0 spiro atoms. The molecule has 0 saturated carbocycles. The van der Waals surface area contributed by atoms with Crippen LogP contribution in [0.3, 0.4) is 0 Å². The maximum absolute atomic E-state index is 12.8. The fourth-order valence-corrected chi connectivity index (χ4v) is 3.07. The van der Waals surface area contributed by atoms with E-state index >= 15 is 0 Å². The van der Waals surface area contributed by atoms with Crippen LogP contribution in [0.5, 0.6) is 0 Å². The second-order valence-electron chi connectivity index (χ2n) is 5.62. The zero-order chi connectivity index (χ0) is 13.9. The minimum absolute atomic E-state index is 0. The van der Waals surface area contributed by atoms with Crippen molar-refractivity contribution in [1.82, 2.24) is 10.2 Å². The summed E-state index contributed by atoms with van der Waals surface area (Å²) in [5.41, 5.74) is 3.18. The molecule has 1 unspecified atom stereocenters. The van der Waals surface area contributed by atoms with Crippen LogP contribution in [-0.2, 0) is 18.0 Å². The van der Waals surface area contributed by atoms with E-state index in [0.717, 1.165) is 43.6 Å². The predicted molar refractivity (Wildman–Crippen MR) is 84.8 cm³/mol. The highest BCUT2D eigenvalue weighted by molar-refractivity contribution is 5.94. The van der Waals surface area contributed by atoms with E-state index in [1.54, 1.807) is 0 Å². The van der Waals surface area contributed by atoms with Crippen molar-refractivity contribution in [2.75, 3.05) is 19.6 Å². The molecule has 2 aliphatic heterocycles. The predicted octanol–water partition coefficient (Wildman–Crippen LogP) is 2.35. The number of fused-ring (bicyclic) bond motifs is 1. The van der Waals surface area contributed by atoms with E-state index in [4.69, 9.17) is 4.74 Å². The maximum atomic E-state index is 12.8. The zero-order valence-corrected chi connectivity index (χ0v) is 13.2. The van der Waals surface area contributed by atoms with Gasteiger partial charge in [0.2, 0.25) is 0 Å². The Morgan fingerprint density at radius 3 is 2.90 bits per heavy atom. The summed E-state index contributed by atoms with van der Waals surface area (Å²) in [7, 11) is 0. The zero-order valence-electron chi connectivity index (χ0n) is 12.4.